The molecule has 0 aromatic heterocycles. The van der Waals surface area contributed by atoms with Crippen LogP contribution in [0.5, 0.6) is 0 Å². The first kappa shape index (κ1) is 13.3. The van der Waals surface area contributed by atoms with Crippen LogP contribution in [0, 0.1) is 11.3 Å². The summed E-state index contributed by atoms with van der Waals surface area (Å²) in [6.45, 7) is 1.45. The molecule has 0 amide bonds. The van der Waals surface area contributed by atoms with E-state index in [1.165, 1.54) is 22.5 Å². The molecule has 0 spiro atoms. The molecule has 1 aliphatic heterocycles. The topological polar surface area (TPSA) is 70.4 Å². The van der Waals surface area contributed by atoms with Gasteiger partial charge in [0.05, 0.1) is 28.7 Å². The zero-order valence-electron chi connectivity index (χ0n) is 9.47. The monoisotopic (exact) mass is 286 g/mol. The van der Waals surface area contributed by atoms with Crippen molar-refractivity contribution in [2.24, 2.45) is 0 Å². The van der Waals surface area contributed by atoms with Gasteiger partial charge in [-0.05, 0) is 18.2 Å². The van der Waals surface area contributed by atoms with E-state index in [0.29, 0.717) is 26.3 Å². The summed E-state index contributed by atoms with van der Waals surface area (Å²) in [5.74, 6) is 0. The second-order valence-electron chi connectivity index (χ2n) is 3.77. The third-order valence-corrected chi connectivity index (χ3v) is 4.88. The van der Waals surface area contributed by atoms with Crippen molar-refractivity contribution >= 4 is 21.6 Å². The number of nitriles is 1. The number of sulfonamides is 1. The van der Waals surface area contributed by atoms with Gasteiger partial charge in [0.1, 0.15) is 6.07 Å². The maximum atomic E-state index is 12.3. The van der Waals surface area contributed by atoms with Gasteiger partial charge in [0.2, 0.25) is 10.0 Å². The summed E-state index contributed by atoms with van der Waals surface area (Å²) in [5.41, 5.74) is 0.262. The fourth-order valence-electron chi connectivity index (χ4n) is 1.68. The Kier molecular flexibility index (Phi) is 3.88. The molecule has 0 bridgehead atoms. The maximum Gasteiger partial charge on any atom is 0.243 e. The zero-order valence-corrected chi connectivity index (χ0v) is 11.0. The van der Waals surface area contributed by atoms with Crippen molar-refractivity contribution in [3.8, 4) is 6.07 Å². The Bertz CT molecular complexity index is 589. The van der Waals surface area contributed by atoms with Crippen LogP contribution in [0.3, 0.4) is 0 Å². The number of hydrogen-bond donors (Lipinski definition) is 0. The fraction of sp³-hybridized carbons (Fsp3) is 0.364. The summed E-state index contributed by atoms with van der Waals surface area (Å²) >= 11 is 5.84. The normalized spacial score (nSPS) is 17.3. The quantitative estimate of drug-likeness (QED) is 0.820. The minimum Gasteiger partial charge on any atom is -0.379 e. The van der Waals surface area contributed by atoms with E-state index < -0.39 is 10.0 Å². The Labute approximate surface area is 111 Å². The number of morpholine rings is 1. The van der Waals surface area contributed by atoms with Crippen molar-refractivity contribution in [3.05, 3.63) is 28.8 Å². The Morgan fingerprint density at radius 2 is 2.00 bits per heavy atom. The second kappa shape index (κ2) is 5.24. The highest BCUT2D eigenvalue weighted by molar-refractivity contribution is 7.89. The molecule has 1 saturated heterocycles. The number of halogens is 1. The number of hydrogen-bond acceptors (Lipinski definition) is 4. The molecule has 0 aliphatic carbocycles. The van der Waals surface area contributed by atoms with Gasteiger partial charge in [-0.3, -0.25) is 0 Å². The molecule has 1 aromatic rings. The van der Waals surface area contributed by atoms with E-state index in [2.05, 4.69) is 0 Å². The van der Waals surface area contributed by atoms with E-state index >= 15 is 0 Å². The van der Waals surface area contributed by atoms with Gasteiger partial charge in [0, 0.05) is 13.1 Å². The average Bonchev–Trinajstić information content (AvgIpc) is 2.39. The molecule has 0 saturated carbocycles. The molecule has 1 aliphatic rings. The highest BCUT2D eigenvalue weighted by atomic mass is 35.5. The van der Waals surface area contributed by atoms with Gasteiger partial charge in [0.15, 0.2) is 0 Å². The summed E-state index contributed by atoms with van der Waals surface area (Å²) < 4.78 is 31.0. The fourth-order valence-corrected chi connectivity index (χ4v) is 3.41. The first-order valence-corrected chi connectivity index (χ1v) is 7.15. The van der Waals surface area contributed by atoms with Crippen LogP contribution in [-0.2, 0) is 14.8 Å². The van der Waals surface area contributed by atoms with Crippen molar-refractivity contribution in [2.75, 3.05) is 26.3 Å². The van der Waals surface area contributed by atoms with Gasteiger partial charge in [0.25, 0.3) is 0 Å². The van der Waals surface area contributed by atoms with Crippen molar-refractivity contribution in [3.63, 3.8) is 0 Å². The largest absolute Gasteiger partial charge is 0.379 e. The van der Waals surface area contributed by atoms with Gasteiger partial charge in [-0.25, -0.2) is 8.42 Å². The number of nitrogens with zero attached hydrogens (tertiary/aromatic N) is 2. The predicted octanol–water partition coefficient (Wildman–Crippen LogP) is 1.23. The Hall–Kier alpha value is -1.13. The highest BCUT2D eigenvalue weighted by Crippen LogP contribution is 2.23. The molecule has 7 heteroatoms. The third kappa shape index (κ3) is 2.49. The van der Waals surface area contributed by atoms with Gasteiger partial charge in [-0.1, -0.05) is 11.6 Å². The lowest BCUT2D eigenvalue weighted by Gasteiger charge is -2.26. The molecular weight excluding hydrogens is 276 g/mol. The summed E-state index contributed by atoms with van der Waals surface area (Å²) in [6, 6.07) is 6.01. The molecule has 1 fully saturated rings. The molecule has 1 heterocycles. The average molecular weight is 287 g/mol. The lowest BCUT2D eigenvalue weighted by molar-refractivity contribution is 0.0730. The van der Waals surface area contributed by atoms with Gasteiger partial charge < -0.3 is 4.74 Å². The van der Waals surface area contributed by atoms with Crippen LogP contribution in [0.15, 0.2) is 23.1 Å². The van der Waals surface area contributed by atoms with Gasteiger partial charge in [-0.2, -0.15) is 9.57 Å². The van der Waals surface area contributed by atoms with Crippen LogP contribution in [0.2, 0.25) is 5.02 Å². The summed E-state index contributed by atoms with van der Waals surface area (Å²) in [6.07, 6.45) is 0. The lowest BCUT2D eigenvalue weighted by atomic mass is 10.2. The molecule has 0 unspecified atom stereocenters. The van der Waals surface area contributed by atoms with Crippen molar-refractivity contribution < 1.29 is 13.2 Å². The molecule has 1 aromatic carbocycles. The van der Waals surface area contributed by atoms with E-state index in [-0.39, 0.29) is 15.5 Å². The van der Waals surface area contributed by atoms with Crippen LogP contribution < -0.4 is 0 Å². The lowest BCUT2D eigenvalue weighted by Crippen LogP contribution is -2.40. The summed E-state index contributed by atoms with van der Waals surface area (Å²) in [5, 5.41) is 8.90. The Balaban J connectivity index is 2.35. The van der Waals surface area contributed by atoms with Crippen molar-refractivity contribution in [1.29, 1.82) is 5.26 Å². The van der Waals surface area contributed by atoms with Crippen LogP contribution in [-0.4, -0.2) is 39.0 Å². The van der Waals surface area contributed by atoms with Gasteiger partial charge in [-0.15, -0.1) is 0 Å². The van der Waals surface area contributed by atoms with E-state index in [0.717, 1.165) is 0 Å². The van der Waals surface area contributed by atoms with Crippen LogP contribution in [0.25, 0.3) is 0 Å². The number of benzene rings is 1. The Morgan fingerprint density at radius 1 is 1.33 bits per heavy atom. The molecule has 0 radical (unpaired) electrons. The van der Waals surface area contributed by atoms with Crippen molar-refractivity contribution in [1.82, 2.24) is 4.31 Å². The van der Waals surface area contributed by atoms with Crippen LogP contribution in [0.1, 0.15) is 5.56 Å². The van der Waals surface area contributed by atoms with Gasteiger partial charge >= 0.3 is 0 Å². The SMILES string of the molecule is N#Cc1ccc(S(=O)(=O)N2CCOCC2)cc1Cl. The third-order valence-electron chi connectivity index (χ3n) is 2.67. The number of rotatable bonds is 2. The highest BCUT2D eigenvalue weighted by Gasteiger charge is 2.26. The smallest absolute Gasteiger partial charge is 0.243 e. The molecule has 0 N–H and O–H groups in total. The van der Waals surface area contributed by atoms with E-state index in [1.54, 1.807) is 0 Å². The van der Waals surface area contributed by atoms with E-state index in [1.807, 2.05) is 6.07 Å². The first-order valence-electron chi connectivity index (χ1n) is 5.33. The number of ether oxygens (including phenoxy) is 1. The molecule has 0 atom stereocenters. The maximum absolute atomic E-state index is 12.3. The molecule has 5 nitrogen and oxygen atoms in total. The van der Waals surface area contributed by atoms with E-state index in [4.69, 9.17) is 21.6 Å². The van der Waals surface area contributed by atoms with Crippen LogP contribution in [0.4, 0.5) is 0 Å². The summed E-state index contributed by atoms with van der Waals surface area (Å²) in [7, 11) is -3.55. The van der Waals surface area contributed by atoms with E-state index in [9.17, 15) is 8.42 Å². The second-order valence-corrected chi connectivity index (χ2v) is 6.12. The summed E-state index contributed by atoms with van der Waals surface area (Å²) in [4.78, 5) is 0.105. The van der Waals surface area contributed by atoms with Crippen molar-refractivity contribution in [2.45, 2.75) is 4.90 Å². The molecule has 96 valence electrons. The minimum atomic E-state index is -3.55. The first-order chi connectivity index (χ1) is 8.55. The zero-order chi connectivity index (χ0) is 13.2. The minimum absolute atomic E-state index is 0.105. The standard InChI is InChI=1S/C11H11ClN2O3S/c12-11-7-10(2-1-9(11)8-13)18(15,16)14-3-5-17-6-4-14/h1-2,7H,3-6H2. The van der Waals surface area contributed by atoms with Crippen LogP contribution >= 0.6 is 11.6 Å². The molecule has 18 heavy (non-hydrogen) atoms. The predicted molar refractivity (Wildman–Crippen MR) is 65.7 cm³/mol. The molecular formula is C11H11ClN2O3S. The Morgan fingerprint density at radius 3 is 2.56 bits per heavy atom. The molecule has 2 rings (SSSR count).